The third-order valence-corrected chi connectivity index (χ3v) is 10.1. The molecule has 0 aliphatic carbocycles. The van der Waals surface area contributed by atoms with Gasteiger partial charge in [0.15, 0.2) is 0 Å². The summed E-state index contributed by atoms with van der Waals surface area (Å²) in [4.78, 5) is 28.5. The molecule has 0 aromatic carbocycles. The number of amides is 2. The van der Waals surface area contributed by atoms with Crippen molar-refractivity contribution < 1.29 is 37.7 Å². The average molecular weight is 675 g/mol. The summed E-state index contributed by atoms with van der Waals surface area (Å²) >= 11 is 0. The van der Waals surface area contributed by atoms with Gasteiger partial charge in [-0.2, -0.15) is 0 Å². The molecule has 4 heterocycles. The van der Waals surface area contributed by atoms with E-state index >= 15 is 0 Å². The lowest BCUT2D eigenvalue weighted by atomic mass is 9.72. The van der Waals surface area contributed by atoms with Crippen LogP contribution < -0.4 is 0 Å². The molecule has 48 heavy (non-hydrogen) atoms. The minimum absolute atomic E-state index is 0.0360. The highest BCUT2D eigenvalue weighted by Crippen LogP contribution is 2.42. The first-order chi connectivity index (χ1) is 21.5. The van der Waals surface area contributed by atoms with Crippen molar-refractivity contribution in [2.24, 2.45) is 0 Å². The Morgan fingerprint density at radius 1 is 0.604 bits per heavy atom. The molecule has 0 bridgehead atoms. The van der Waals surface area contributed by atoms with Crippen molar-refractivity contribution in [2.45, 2.75) is 195 Å². The molecule has 10 nitrogen and oxygen atoms in total. The number of carbonyl (C=O) groups is 2. The molecule has 2 amide bonds. The van der Waals surface area contributed by atoms with Gasteiger partial charge in [0.05, 0.1) is 34.5 Å². The Bertz CT molecular complexity index is 1140. The molecule has 0 N–H and O–H groups in total. The zero-order chi connectivity index (χ0) is 37.0. The number of carbonyl (C=O) groups excluding carboxylic acids is 2. The Hall–Kier alpha value is -2.01. The standard InChI is InChI=1S/2C18H32BNO4/c2*1-12-10-14(19-23-17(6,7)18(8,9)24-19)11-13(2)20(12)15(21)22-16(3,4)5/h2*10,12-13H,11H2,1-9H3/t2*12-,13+/m10/s1. The number of hydrogen-bond donors (Lipinski definition) is 0. The van der Waals surface area contributed by atoms with Crippen molar-refractivity contribution in [3.63, 3.8) is 0 Å². The van der Waals surface area contributed by atoms with Crippen LogP contribution in [0.3, 0.4) is 0 Å². The zero-order valence-corrected chi connectivity index (χ0v) is 33.2. The Morgan fingerprint density at radius 2 is 0.854 bits per heavy atom. The van der Waals surface area contributed by atoms with Gasteiger partial charge in [-0.1, -0.05) is 12.2 Å². The predicted molar refractivity (Wildman–Crippen MR) is 192 cm³/mol. The molecule has 272 valence electrons. The first-order valence-electron chi connectivity index (χ1n) is 17.6. The fourth-order valence-corrected chi connectivity index (χ4v) is 6.26. The van der Waals surface area contributed by atoms with Crippen molar-refractivity contribution >= 4 is 26.4 Å². The van der Waals surface area contributed by atoms with Crippen LogP contribution in [0.5, 0.6) is 0 Å². The maximum Gasteiger partial charge on any atom is 0.490 e. The molecule has 0 radical (unpaired) electrons. The van der Waals surface area contributed by atoms with Crippen LogP contribution in [0.25, 0.3) is 0 Å². The fraction of sp³-hybridized carbons (Fsp3) is 0.833. The summed E-state index contributed by atoms with van der Waals surface area (Å²) in [5.41, 5.74) is -0.193. The van der Waals surface area contributed by atoms with E-state index in [1.807, 2.05) is 69.2 Å². The van der Waals surface area contributed by atoms with Gasteiger partial charge in [0.25, 0.3) is 0 Å². The van der Waals surface area contributed by atoms with Crippen LogP contribution in [0.15, 0.2) is 23.1 Å². The zero-order valence-electron chi connectivity index (χ0n) is 33.2. The van der Waals surface area contributed by atoms with Crippen molar-refractivity contribution in [1.82, 2.24) is 9.80 Å². The molecule has 2 saturated heterocycles. The fourth-order valence-electron chi connectivity index (χ4n) is 6.26. The topological polar surface area (TPSA) is 96.0 Å². The molecular formula is C36H64B2N2O8. The van der Waals surface area contributed by atoms with E-state index in [0.717, 1.165) is 23.8 Å². The second-order valence-electron chi connectivity index (χ2n) is 18.0. The minimum atomic E-state index is -0.494. The van der Waals surface area contributed by atoms with Gasteiger partial charge >= 0.3 is 26.4 Å². The Kier molecular flexibility index (Phi) is 11.5. The largest absolute Gasteiger partial charge is 0.490 e. The minimum Gasteiger partial charge on any atom is -0.444 e. The molecule has 4 atom stereocenters. The van der Waals surface area contributed by atoms with Crippen molar-refractivity contribution in [3.8, 4) is 0 Å². The SMILES string of the molecule is C[C@@H]1C=C(B2OC(C)(C)C(C)(C)O2)C[C@H](C)N1C(=O)OC(C)(C)C.C[C@@H]1CC(B2OC(C)(C)C(C)(C)O2)=C[C@H](C)N1C(=O)OC(C)(C)C. The highest BCUT2D eigenvalue weighted by Gasteiger charge is 2.54. The second-order valence-corrected chi connectivity index (χ2v) is 18.0. The van der Waals surface area contributed by atoms with Gasteiger partial charge in [0.1, 0.15) is 11.2 Å². The van der Waals surface area contributed by atoms with Crippen molar-refractivity contribution in [1.29, 1.82) is 0 Å². The van der Waals surface area contributed by atoms with E-state index in [9.17, 15) is 9.59 Å². The van der Waals surface area contributed by atoms with Crippen LogP contribution in [-0.4, -0.2) is 94.0 Å². The van der Waals surface area contributed by atoms with Gasteiger partial charge in [0.2, 0.25) is 0 Å². The van der Waals surface area contributed by atoms with Crippen LogP contribution in [-0.2, 0) is 28.1 Å². The summed E-state index contributed by atoms with van der Waals surface area (Å²) in [5.74, 6) is 0. The number of ether oxygens (including phenoxy) is 2. The smallest absolute Gasteiger partial charge is 0.444 e. The lowest BCUT2D eigenvalue weighted by Gasteiger charge is -2.39. The number of nitrogens with zero attached hydrogens (tertiary/aromatic N) is 2. The maximum absolute atomic E-state index is 12.5. The molecule has 4 aliphatic heterocycles. The van der Waals surface area contributed by atoms with E-state index < -0.39 is 11.2 Å². The van der Waals surface area contributed by atoms with E-state index in [-0.39, 0.29) is 73.0 Å². The van der Waals surface area contributed by atoms with Gasteiger partial charge in [-0.15, -0.1) is 0 Å². The molecule has 4 aliphatic rings. The third kappa shape index (κ3) is 9.20. The van der Waals surface area contributed by atoms with E-state index in [2.05, 4.69) is 67.5 Å². The number of hydrogen-bond acceptors (Lipinski definition) is 8. The van der Waals surface area contributed by atoms with Crippen molar-refractivity contribution in [3.05, 3.63) is 23.1 Å². The van der Waals surface area contributed by atoms with E-state index in [0.29, 0.717) is 0 Å². The lowest BCUT2D eigenvalue weighted by Crippen LogP contribution is -2.50. The molecule has 0 spiro atoms. The molecular weight excluding hydrogens is 610 g/mol. The van der Waals surface area contributed by atoms with Crippen LogP contribution in [0.2, 0.25) is 0 Å². The van der Waals surface area contributed by atoms with E-state index in [4.69, 9.17) is 28.1 Å². The molecule has 0 aromatic rings. The van der Waals surface area contributed by atoms with Gasteiger partial charge < -0.3 is 28.1 Å². The molecule has 4 rings (SSSR count). The van der Waals surface area contributed by atoms with Gasteiger partial charge in [-0.3, -0.25) is 9.80 Å². The summed E-state index contributed by atoms with van der Waals surface area (Å²) in [7, 11) is -0.693. The first-order valence-corrected chi connectivity index (χ1v) is 17.6. The summed E-state index contributed by atoms with van der Waals surface area (Å²) in [6.45, 7) is 35.8. The average Bonchev–Trinajstić information content (AvgIpc) is 3.20. The highest BCUT2D eigenvalue weighted by atomic mass is 16.7. The lowest BCUT2D eigenvalue weighted by molar-refractivity contribution is 0.00578. The van der Waals surface area contributed by atoms with E-state index in [1.165, 1.54) is 0 Å². The molecule has 0 saturated carbocycles. The summed E-state index contributed by atoms with van der Waals surface area (Å²) < 4.78 is 35.7. The molecule has 0 aromatic heterocycles. The first kappa shape index (κ1) is 40.4. The van der Waals surface area contributed by atoms with Crippen LogP contribution >= 0.6 is 0 Å². The van der Waals surface area contributed by atoms with Gasteiger partial charge in [0, 0.05) is 12.1 Å². The van der Waals surface area contributed by atoms with Crippen LogP contribution in [0, 0.1) is 0 Å². The van der Waals surface area contributed by atoms with Gasteiger partial charge in [-0.25, -0.2) is 9.59 Å². The van der Waals surface area contributed by atoms with Crippen LogP contribution in [0.1, 0.15) is 137 Å². The Balaban J connectivity index is 0.000000260. The molecule has 0 unspecified atom stereocenters. The monoisotopic (exact) mass is 674 g/mol. The molecule has 2 fully saturated rings. The Labute approximate surface area is 291 Å². The normalized spacial score (nSPS) is 29.5. The molecule has 12 heteroatoms. The highest BCUT2D eigenvalue weighted by molar-refractivity contribution is 6.55. The van der Waals surface area contributed by atoms with Gasteiger partial charge in [-0.05, 0) is 148 Å². The number of rotatable bonds is 2. The third-order valence-electron chi connectivity index (χ3n) is 10.1. The van der Waals surface area contributed by atoms with E-state index in [1.54, 1.807) is 9.80 Å². The summed E-state index contributed by atoms with van der Waals surface area (Å²) in [6.07, 6.45) is 5.05. The summed E-state index contributed by atoms with van der Waals surface area (Å²) in [5, 5.41) is 0. The Morgan fingerprint density at radius 3 is 1.06 bits per heavy atom. The summed E-state index contributed by atoms with van der Waals surface area (Å²) in [6, 6.07) is -0.0435. The quantitative estimate of drug-likeness (QED) is 0.273. The second kappa shape index (κ2) is 13.6. The van der Waals surface area contributed by atoms with Crippen molar-refractivity contribution in [2.75, 3.05) is 0 Å². The van der Waals surface area contributed by atoms with Crippen LogP contribution in [0.4, 0.5) is 9.59 Å². The maximum atomic E-state index is 12.5. The predicted octanol–water partition coefficient (Wildman–Crippen LogP) is 7.92.